The summed E-state index contributed by atoms with van der Waals surface area (Å²) in [5.41, 5.74) is 8.21. The molecule has 134 valence electrons. The first-order valence-corrected chi connectivity index (χ1v) is 10.6. The quantitative estimate of drug-likeness (QED) is 0.383. The van der Waals surface area contributed by atoms with E-state index in [2.05, 4.69) is 77.1 Å². The number of hydrogen-bond acceptors (Lipinski definition) is 2. The maximum atomic E-state index is 4.83. The Morgan fingerprint density at radius 3 is 2.61 bits per heavy atom. The Morgan fingerprint density at radius 1 is 1.00 bits per heavy atom. The van der Waals surface area contributed by atoms with Gasteiger partial charge >= 0.3 is 0 Å². The van der Waals surface area contributed by atoms with E-state index in [4.69, 9.17) is 4.99 Å². The highest BCUT2D eigenvalue weighted by Gasteiger charge is 2.48. The zero-order chi connectivity index (χ0) is 18.6. The maximum absolute atomic E-state index is 4.83. The van der Waals surface area contributed by atoms with Gasteiger partial charge in [0.25, 0.3) is 6.34 Å². The van der Waals surface area contributed by atoms with Gasteiger partial charge < -0.3 is 4.57 Å². The molecule has 0 saturated carbocycles. The molecule has 0 N–H and O–H groups in total. The number of rotatable bonds is 0. The molecule has 2 atom stereocenters. The van der Waals surface area contributed by atoms with Gasteiger partial charge in [-0.25, -0.2) is 4.58 Å². The smallest absolute Gasteiger partial charge is 0.281 e. The SMILES string of the molecule is Cc1c2c3c(c4ccccc14)c1ccccc1n3C1=CSC3N=C[N+](C)=C2C13. The minimum atomic E-state index is 0.247. The molecule has 4 aromatic rings. The number of hydrogen-bond donors (Lipinski definition) is 0. The van der Waals surface area contributed by atoms with Crippen molar-refractivity contribution >= 4 is 62.1 Å². The summed E-state index contributed by atoms with van der Waals surface area (Å²) in [6.07, 6.45) is 2.01. The molecular weight excluding hydrogens is 362 g/mol. The first kappa shape index (κ1) is 15.1. The molecule has 0 fully saturated rings. The Kier molecular flexibility index (Phi) is 2.67. The van der Waals surface area contributed by atoms with Gasteiger partial charge in [0.15, 0.2) is 0 Å². The number of aliphatic imine (C=N–C) groups is 1. The molecule has 0 radical (unpaired) electrons. The average Bonchev–Trinajstić information content (AvgIpc) is 3.29. The third-order valence-electron chi connectivity index (χ3n) is 6.59. The molecular formula is C24H18N3S+. The van der Waals surface area contributed by atoms with E-state index in [0.717, 1.165) is 0 Å². The zero-order valence-corrected chi connectivity index (χ0v) is 16.5. The zero-order valence-electron chi connectivity index (χ0n) is 15.7. The fourth-order valence-corrected chi connectivity index (χ4v) is 6.56. The highest BCUT2D eigenvalue weighted by atomic mass is 32.2. The summed E-state index contributed by atoms with van der Waals surface area (Å²) in [7, 11) is 2.15. The summed E-state index contributed by atoms with van der Waals surface area (Å²) in [5.74, 6) is 0.311. The summed E-state index contributed by atoms with van der Waals surface area (Å²) in [4.78, 5) is 4.83. The fraction of sp³-hybridized carbons (Fsp3) is 0.167. The highest BCUT2D eigenvalue weighted by Crippen LogP contribution is 2.52. The van der Waals surface area contributed by atoms with Crippen molar-refractivity contribution in [1.29, 1.82) is 0 Å². The Hall–Kier alpha value is -2.85. The lowest BCUT2D eigenvalue weighted by atomic mass is 9.83. The van der Waals surface area contributed by atoms with Gasteiger partial charge in [0.05, 0.1) is 18.1 Å². The van der Waals surface area contributed by atoms with Crippen LogP contribution in [0.3, 0.4) is 0 Å². The van der Waals surface area contributed by atoms with Crippen LogP contribution in [-0.4, -0.2) is 33.6 Å². The lowest BCUT2D eigenvalue weighted by Gasteiger charge is -2.30. The molecule has 3 aliphatic rings. The third-order valence-corrected chi connectivity index (χ3v) is 7.64. The van der Waals surface area contributed by atoms with Crippen LogP contribution >= 0.6 is 11.8 Å². The molecule has 1 aromatic heterocycles. The summed E-state index contributed by atoms with van der Waals surface area (Å²) < 4.78 is 4.77. The lowest BCUT2D eigenvalue weighted by molar-refractivity contribution is -0.364. The van der Waals surface area contributed by atoms with E-state index in [1.54, 1.807) is 0 Å². The number of thioether (sulfide) groups is 1. The second kappa shape index (κ2) is 4.95. The van der Waals surface area contributed by atoms with Crippen molar-refractivity contribution in [2.45, 2.75) is 12.3 Å². The second-order valence-electron chi connectivity index (χ2n) is 7.93. The van der Waals surface area contributed by atoms with Crippen LogP contribution in [0.2, 0.25) is 0 Å². The molecule has 0 bridgehead atoms. The van der Waals surface area contributed by atoms with Crippen molar-refractivity contribution < 1.29 is 4.58 Å². The molecule has 0 aliphatic carbocycles. The van der Waals surface area contributed by atoms with E-state index in [-0.39, 0.29) is 5.37 Å². The molecule has 0 saturated heterocycles. The van der Waals surface area contributed by atoms with Crippen LogP contribution in [0.4, 0.5) is 0 Å². The van der Waals surface area contributed by atoms with Gasteiger partial charge in [-0.3, -0.25) is 0 Å². The van der Waals surface area contributed by atoms with Crippen molar-refractivity contribution in [3.63, 3.8) is 0 Å². The normalized spacial score (nSPS) is 22.4. The molecule has 0 spiro atoms. The van der Waals surface area contributed by atoms with Crippen molar-refractivity contribution in [3.05, 3.63) is 65.1 Å². The molecule has 3 nitrogen and oxygen atoms in total. The number of para-hydroxylation sites is 1. The fourth-order valence-electron chi connectivity index (χ4n) is 5.48. The largest absolute Gasteiger partial charge is 0.311 e. The highest BCUT2D eigenvalue weighted by molar-refractivity contribution is 8.03. The topological polar surface area (TPSA) is 20.3 Å². The van der Waals surface area contributed by atoms with Crippen molar-refractivity contribution in [2.24, 2.45) is 10.9 Å². The predicted molar refractivity (Wildman–Crippen MR) is 120 cm³/mol. The summed E-state index contributed by atoms with van der Waals surface area (Å²) in [6.45, 7) is 2.29. The van der Waals surface area contributed by atoms with Crippen LogP contribution in [0.25, 0.3) is 38.3 Å². The molecule has 28 heavy (non-hydrogen) atoms. The Morgan fingerprint density at radius 2 is 1.75 bits per heavy atom. The molecule has 2 unspecified atom stereocenters. The number of benzene rings is 3. The van der Waals surface area contributed by atoms with E-state index < -0.39 is 0 Å². The van der Waals surface area contributed by atoms with E-state index >= 15 is 0 Å². The third kappa shape index (κ3) is 1.57. The number of nitrogens with zero attached hydrogens (tertiary/aromatic N) is 3. The number of fused-ring (bicyclic) bond motifs is 7. The van der Waals surface area contributed by atoms with Gasteiger partial charge in [0.2, 0.25) is 5.37 Å². The molecule has 3 aromatic carbocycles. The van der Waals surface area contributed by atoms with Crippen LogP contribution in [0.5, 0.6) is 0 Å². The molecule has 4 heteroatoms. The van der Waals surface area contributed by atoms with Crippen molar-refractivity contribution in [3.8, 4) is 0 Å². The first-order valence-electron chi connectivity index (χ1n) is 9.69. The molecule has 0 amide bonds. The average molecular weight is 380 g/mol. The second-order valence-corrected chi connectivity index (χ2v) is 8.92. The van der Waals surface area contributed by atoms with Crippen molar-refractivity contribution in [2.75, 3.05) is 7.05 Å². The maximum Gasteiger partial charge on any atom is 0.281 e. The van der Waals surface area contributed by atoms with Gasteiger partial charge in [0.1, 0.15) is 11.6 Å². The van der Waals surface area contributed by atoms with Gasteiger partial charge in [0, 0.05) is 22.0 Å². The van der Waals surface area contributed by atoms with Crippen LogP contribution in [0, 0.1) is 12.8 Å². The van der Waals surface area contributed by atoms with Gasteiger partial charge in [-0.05, 0) is 34.7 Å². The molecule has 3 aliphatic heterocycles. The van der Waals surface area contributed by atoms with Crippen molar-refractivity contribution in [1.82, 2.24) is 4.57 Å². The van der Waals surface area contributed by atoms with Crippen LogP contribution in [-0.2, 0) is 0 Å². The van der Waals surface area contributed by atoms with E-state index in [1.165, 1.54) is 55.1 Å². The van der Waals surface area contributed by atoms with Crippen LogP contribution in [0.1, 0.15) is 11.1 Å². The van der Waals surface area contributed by atoms with E-state index in [1.807, 2.05) is 18.1 Å². The minimum absolute atomic E-state index is 0.247. The standard InChI is InChI=1S/C24H18N3S/c1-13-14-7-3-4-8-15(14)20-16-9-5-6-10-17(16)27-18-11-28-24-21(18)22(19(13)23(20)27)26(2)12-25-24/h3-12,21,24H,1-2H3/q+1. The summed E-state index contributed by atoms with van der Waals surface area (Å²) in [6, 6.07) is 17.7. The minimum Gasteiger partial charge on any atom is -0.311 e. The van der Waals surface area contributed by atoms with E-state index in [9.17, 15) is 0 Å². The van der Waals surface area contributed by atoms with Gasteiger partial charge in [-0.15, -0.1) is 0 Å². The first-order chi connectivity index (χ1) is 13.8. The summed E-state index contributed by atoms with van der Waals surface area (Å²) in [5, 5.41) is 8.01. The van der Waals surface area contributed by atoms with Gasteiger partial charge in [-0.1, -0.05) is 59.2 Å². The number of aryl methyl sites for hydroxylation is 1. The monoisotopic (exact) mass is 380 g/mol. The van der Waals surface area contributed by atoms with E-state index in [0.29, 0.717) is 5.92 Å². The predicted octanol–water partition coefficient (Wildman–Crippen LogP) is 5.23. The van der Waals surface area contributed by atoms with Crippen LogP contribution in [0.15, 0.2) is 58.9 Å². The summed E-state index contributed by atoms with van der Waals surface area (Å²) >= 11 is 1.85. The Bertz CT molecular complexity index is 1470. The lowest BCUT2D eigenvalue weighted by Crippen LogP contribution is -2.39. The molecule has 4 heterocycles. The van der Waals surface area contributed by atoms with Crippen LogP contribution < -0.4 is 0 Å². The Labute approximate surface area is 166 Å². The number of aromatic nitrogens is 1. The Balaban J connectivity index is 1.86. The van der Waals surface area contributed by atoms with Gasteiger partial charge in [-0.2, -0.15) is 0 Å². The molecule has 7 rings (SSSR count).